The molecule has 0 aliphatic carbocycles. The van der Waals surface area contributed by atoms with Gasteiger partial charge in [0.2, 0.25) is 0 Å². The first-order valence-corrected chi connectivity index (χ1v) is 13.5. The second-order valence-electron chi connectivity index (χ2n) is 9.90. The lowest BCUT2D eigenvalue weighted by Gasteiger charge is -2.30. The Balaban J connectivity index is 1.31. The quantitative estimate of drug-likeness (QED) is 0.327. The van der Waals surface area contributed by atoms with E-state index in [1.807, 2.05) is 6.07 Å². The van der Waals surface area contributed by atoms with Gasteiger partial charge < -0.3 is 9.88 Å². The number of pyridine rings is 1. The van der Waals surface area contributed by atoms with Crippen LogP contribution in [-0.2, 0) is 20.0 Å². The number of rotatable bonds is 7. The molecule has 2 aromatic heterocycles. The van der Waals surface area contributed by atoms with E-state index in [1.54, 1.807) is 11.8 Å². The lowest BCUT2D eigenvalue weighted by Crippen LogP contribution is -2.36. The van der Waals surface area contributed by atoms with Crippen molar-refractivity contribution < 1.29 is 4.39 Å². The Morgan fingerprint density at radius 1 is 1.20 bits per heavy atom. The molecule has 0 spiro atoms. The van der Waals surface area contributed by atoms with E-state index < -0.39 is 6.17 Å². The monoisotopic (exact) mass is 494 g/mol. The van der Waals surface area contributed by atoms with Crippen molar-refractivity contribution in [3.63, 3.8) is 0 Å². The largest absolute Gasteiger partial charge is 0.340 e. The van der Waals surface area contributed by atoms with E-state index in [0.29, 0.717) is 18.9 Å². The molecule has 186 valence electrons. The summed E-state index contributed by atoms with van der Waals surface area (Å²) in [6, 6.07) is 11.0. The molecule has 5 rings (SSSR count). The van der Waals surface area contributed by atoms with Gasteiger partial charge in [-0.2, -0.15) is 0 Å². The molecule has 0 radical (unpaired) electrons. The van der Waals surface area contributed by atoms with Crippen molar-refractivity contribution in [3.8, 4) is 0 Å². The van der Waals surface area contributed by atoms with Crippen molar-refractivity contribution in [2.75, 3.05) is 30.8 Å². The molecule has 8 heteroatoms. The molecule has 35 heavy (non-hydrogen) atoms. The maximum absolute atomic E-state index is 13.4. The highest BCUT2D eigenvalue weighted by Gasteiger charge is 2.25. The molecule has 2 aliphatic heterocycles. The summed E-state index contributed by atoms with van der Waals surface area (Å²) < 4.78 is 15.7. The van der Waals surface area contributed by atoms with Crippen LogP contribution in [0.5, 0.6) is 0 Å². The zero-order valence-electron chi connectivity index (χ0n) is 20.9. The highest BCUT2D eigenvalue weighted by Crippen LogP contribution is 2.35. The number of aromatic nitrogens is 2. The molecule has 0 unspecified atom stereocenters. The van der Waals surface area contributed by atoms with Crippen LogP contribution in [0.1, 0.15) is 37.9 Å². The fraction of sp³-hybridized carbons (Fsp3) is 0.481. The normalized spacial score (nSPS) is 17.7. The zero-order valence-corrected chi connectivity index (χ0v) is 21.7. The van der Waals surface area contributed by atoms with Crippen LogP contribution in [0.2, 0.25) is 0 Å². The lowest BCUT2D eigenvalue weighted by atomic mass is 10.0. The van der Waals surface area contributed by atoms with Gasteiger partial charge in [0.05, 0.1) is 5.69 Å². The number of piperidine rings is 1. The van der Waals surface area contributed by atoms with E-state index in [2.05, 4.69) is 76.6 Å². The number of likely N-dealkylation sites (tertiary alicyclic amines) is 1. The zero-order chi connectivity index (χ0) is 24.5. The van der Waals surface area contributed by atoms with Gasteiger partial charge in [-0.05, 0) is 69.3 Å². The Morgan fingerprint density at radius 2 is 2.00 bits per heavy atom. The number of aliphatic imine (C=N–C) groups is 1. The standard InChI is InChI=1S/C27H35FN6S/c1-18(2)34-14-11-24-22(16-34)21-6-8-26(31-27(21)32(24)4)30-20-5-7-25(23(15-20)29-3)35-17-33-12-9-19(28)10-13-33/h5-8,15,18-19H,3,9-14,16-17H2,1-2,4H3,(H,30,31). The predicted octanol–water partition coefficient (Wildman–Crippen LogP) is 5.90. The number of nitrogens with one attached hydrogen (secondary N) is 1. The Labute approximate surface area is 211 Å². The van der Waals surface area contributed by atoms with E-state index in [9.17, 15) is 4.39 Å². The summed E-state index contributed by atoms with van der Waals surface area (Å²) in [6.07, 6.45) is 1.68. The molecule has 0 atom stereocenters. The van der Waals surface area contributed by atoms with Crippen LogP contribution in [0.15, 0.2) is 40.2 Å². The molecule has 2 aliphatic rings. The number of nitrogens with zero attached hydrogens (tertiary/aromatic N) is 5. The van der Waals surface area contributed by atoms with Crippen LogP contribution < -0.4 is 5.32 Å². The molecule has 3 aromatic rings. The fourth-order valence-electron chi connectivity index (χ4n) is 5.14. The minimum Gasteiger partial charge on any atom is -0.340 e. The molecule has 1 fully saturated rings. The summed E-state index contributed by atoms with van der Waals surface area (Å²) in [7, 11) is 2.13. The first-order chi connectivity index (χ1) is 16.9. The number of fused-ring (bicyclic) bond motifs is 3. The molecule has 4 heterocycles. The second-order valence-corrected chi connectivity index (χ2v) is 10.9. The van der Waals surface area contributed by atoms with Gasteiger partial charge in [0.15, 0.2) is 0 Å². The van der Waals surface area contributed by atoms with Gasteiger partial charge in [-0.25, -0.2) is 9.37 Å². The molecule has 0 amide bonds. The van der Waals surface area contributed by atoms with Gasteiger partial charge in [0.25, 0.3) is 0 Å². The predicted molar refractivity (Wildman–Crippen MR) is 145 cm³/mol. The SMILES string of the molecule is C=Nc1cc(Nc2ccc3c4c(n(C)c3n2)CCN(C(C)C)C4)ccc1SCN1CCC(F)CC1. The molecule has 0 bridgehead atoms. The van der Waals surface area contributed by atoms with E-state index >= 15 is 0 Å². The van der Waals surface area contributed by atoms with E-state index in [4.69, 9.17) is 4.98 Å². The van der Waals surface area contributed by atoms with E-state index in [0.717, 1.165) is 66.2 Å². The summed E-state index contributed by atoms with van der Waals surface area (Å²) in [5.74, 6) is 1.66. The number of hydrogen-bond acceptors (Lipinski definition) is 6. The van der Waals surface area contributed by atoms with Gasteiger partial charge in [-0.3, -0.25) is 14.8 Å². The number of alkyl halides is 1. The molecule has 1 saturated heterocycles. The van der Waals surface area contributed by atoms with Crippen molar-refractivity contribution >= 4 is 46.7 Å². The topological polar surface area (TPSA) is 48.7 Å². The fourth-order valence-corrected chi connectivity index (χ4v) is 6.16. The number of hydrogen-bond donors (Lipinski definition) is 1. The Morgan fingerprint density at radius 3 is 2.74 bits per heavy atom. The van der Waals surface area contributed by atoms with Gasteiger partial charge in [-0.1, -0.05) is 0 Å². The van der Waals surface area contributed by atoms with Crippen molar-refractivity contribution in [3.05, 3.63) is 41.6 Å². The second kappa shape index (κ2) is 10.3. The van der Waals surface area contributed by atoms with Crippen LogP contribution in [-0.4, -0.2) is 63.8 Å². The Hall–Kier alpha value is -2.42. The van der Waals surface area contributed by atoms with E-state index in [1.165, 1.54) is 16.6 Å². The maximum Gasteiger partial charge on any atom is 0.142 e. The first kappa shape index (κ1) is 24.3. The van der Waals surface area contributed by atoms with Crippen molar-refractivity contribution in [2.24, 2.45) is 12.0 Å². The molecule has 1 aromatic carbocycles. The summed E-state index contributed by atoms with van der Waals surface area (Å²) in [6.45, 7) is 12.0. The molecular weight excluding hydrogens is 459 g/mol. The van der Waals surface area contributed by atoms with Crippen molar-refractivity contribution in [1.29, 1.82) is 0 Å². The smallest absolute Gasteiger partial charge is 0.142 e. The van der Waals surface area contributed by atoms with Crippen LogP contribution in [0.25, 0.3) is 11.0 Å². The number of anilines is 2. The maximum atomic E-state index is 13.4. The molecular formula is C27H35FN6S. The first-order valence-electron chi connectivity index (χ1n) is 12.5. The Kier molecular flexibility index (Phi) is 7.14. The lowest BCUT2D eigenvalue weighted by molar-refractivity contribution is 0.169. The third-order valence-corrected chi connectivity index (χ3v) is 8.47. The Bertz CT molecular complexity index is 1210. The van der Waals surface area contributed by atoms with Crippen LogP contribution in [0, 0.1) is 0 Å². The summed E-state index contributed by atoms with van der Waals surface area (Å²) >= 11 is 1.73. The minimum atomic E-state index is -0.643. The average molecular weight is 495 g/mol. The van der Waals surface area contributed by atoms with Crippen LogP contribution in [0.4, 0.5) is 21.6 Å². The summed E-state index contributed by atoms with van der Waals surface area (Å²) in [5, 5.41) is 4.70. The summed E-state index contributed by atoms with van der Waals surface area (Å²) in [5.41, 5.74) is 5.63. The number of thioether (sulfide) groups is 1. The third kappa shape index (κ3) is 5.10. The highest BCUT2D eigenvalue weighted by atomic mass is 32.2. The number of benzene rings is 1. The molecule has 1 N–H and O–H groups in total. The van der Waals surface area contributed by atoms with Crippen molar-refractivity contribution in [2.45, 2.75) is 56.8 Å². The minimum absolute atomic E-state index is 0.545. The third-order valence-electron chi connectivity index (χ3n) is 7.32. The van der Waals surface area contributed by atoms with Gasteiger partial charge in [-0.15, -0.1) is 11.8 Å². The number of aryl methyl sites for hydroxylation is 1. The van der Waals surface area contributed by atoms with E-state index in [-0.39, 0.29) is 0 Å². The molecule has 0 saturated carbocycles. The van der Waals surface area contributed by atoms with Gasteiger partial charge in [0, 0.05) is 73.2 Å². The van der Waals surface area contributed by atoms with Gasteiger partial charge >= 0.3 is 0 Å². The summed E-state index contributed by atoms with van der Waals surface area (Å²) in [4.78, 5) is 15.1. The van der Waals surface area contributed by atoms with Crippen LogP contribution >= 0.6 is 11.8 Å². The van der Waals surface area contributed by atoms with Crippen LogP contribution in [0.3, 0.4) is 0 Å². The van der Waals surface area contributed by atoms with Gasteiger partial charge in [0.1, 0.15) is 17.6 Å². The molecule has 6 nitrogen and oxygen atoms in total. The number of halogens is 1. The highest BCUT2D eigenvalue weighted by molar-refractivity contribution is 7.99. The van der Waals surface area contributed by atoms with Crippen molar-refractivity contribution in [1.82, 2.24) is 19.4 Å². The average Bonchev–Trinajstić information content (AvgIpc) is 3.15.